The summed E-state index contributed by atoms with van der Waals surface area (Å²) in [6.07, 6.45) is 8.15. The van der Waals surface area contributed by atoms with E-state index in [9.17, 15) is 4.79 Å². The largest absolute Gasteiger partial charge is 0.496 e. The Kier molecular flexibility index (Phi) is 6.44. The number of benzene rings is 1. The van der Waals surface area contributed by atoms with Gasteiger partial charge in [0.25, 0.3) is 0 Å². The van der Waals surface area contributed by atoms with Crippen molar-refractivity contribution in [3.8, 4) is 5.75 Å². The maximum atomic E-state index is 11.6. The lowest BCUT2D eigenvalue weighted by Crippen LogP contribution is -2.21. The zero-order chi connectivity index (χ0) is 14.1. The first kappa shape index (κ1) is 15.0. The van der Waals surface area contributed by atoms with Crippen molar-refractivity contribution in [3.05, 3.63) is 47.6 Å². The Morgan fingerprint density at radius 2 is 2.21 bits per heavy atom. The number of carbonyl (C=O) groups excluding carboxylic acids is 1. The van der Waals surface area contributed by atoms with Gasteiger partial charge in [-0.25, -0.2) is 0 Å². The molecule has 0 bridgehead atoms. The Morgan fingerprint density at radius 1 is 1.42 bits per heavy atom. The lowest BCUT2D eigenvalue weighted by atomic mass is 10.1. The lowest BCUT2D eigenvalue weighted by Gasteiger charge is -2.05. The van der Waals surface area contributed by atoms with E-state index in [1.165, 1.54) is 6.08 Å². The van der Waals surface area contributed by atoms with Crippen LogP contribution < -0.4 is 10.1 Å². The molecular formula is C16H21NO2. The van der Waals surface area contributed by atoms with Crippen LogP contribution >= 0.6 is 0 Å². The van der Waals surface area contributed by atoms with E-state index in [0.717, 1.165) is 23.3 Å². The third-order valence-electron chi connectivity index (χ3n) is 2.65. The smallest absolute Gasteiger partial charge is 0.244 e. The van der Waals surface area contributed by atoms with Crippen LogP contribution in [0.25, 0.3) is 6.08 Å². The first-order valence-electron chi connectivity index (χ1n) is 6.39. The second kappa shape index (κ2) is 8.14. The fourth-order valence-electron chi connectivity index (χ4n) is 1.65. The van der Waals surface area contributed by atoms with Crippen molar-refractivity contribution in [2.75, 3.05) is 13.7 Å². The van der Waals surface area contributed by atoms with E-state index in [-0.39, 0.29) is 5.91 Å². The molecule has 1 rings (SSSR count). The number of carbonyl (C=O) groups is 1. The number of hydrogen-bond acceptors (Lipinski definition) is 2. The fourth-order valence-corrected chi connectivity index (χ4v) is 1.65. The van der Waals surface area contributed by atoms with Gasteiger partial charge in [0.05, 0.1) is 7.11 Å². The summed E-state index contributed by atoms with van der Waals surface area (Å²) in [5.41, 5.74) is 2.04. The number of nitrogens with one attached hydrogen (secondary N) is 1. The van der Waals surface area contributed by atoms with Gasteiger partial charge < -0.3 is 10.1 Å². The van der Waals surface area contributed by atoms with E-state index >= 15 is 0 Å². The Hall–Kier alpha value is -2.03. The molecule has 0 aromatic heterocycles. The summed E-state index contributed by atoms with van der Waals surface area (Å²) >= 11 is 0. The molecule has 3 nitrogen and oxygen atoms in total. The van der Waals surface area contributed by atoms with Crippen molar-refractivity contribution in [2.45, 2.75) is 20.3 Å². The molecule has 1 aromatic carbocycles. The van der Waals surface area contributed by atoms with Gasteiger partial charge in [0.1, 0.15) is 5.75 Å². The minimum absolute atomic E-state index is 0.0898. The number of allylic oxidation sites excluding steroid dienone is 1. The molecule has 0 spiro atoms. The summed E-state index contributed by atoms with van der Waals surface area (Å²) in [6.45, 7) is 4.62. The van der Waals surface area contributed by atoms with Crippen molar-refractivity contribution in [1.29, 1.82) is 0 Å². The maximum absolute atomic E-state index is 11.6. The molecule has 102 valence electrons. The summed E-state index contributed by atoms with van der Waals surface area (Å²) < 4.78 is 5.25. The van der Waals surface area contributed by atoms with Gasteiger partial charge in [-0.15, -0.1) is 0 Å². The molecule has 0 atom stereocenters. The van der Waals surface area contributed by atoms with Gasteiger partial charge in [-0.1, -0.05) is 23.8 Å². The van der Waals surface area contributed by atoms with E-state index in [0.29, 0.717) is 6.54 Å². The Bertz CT molecular complexity index is 476. The summed E-state index contributed by atoms with van der Waals surface area (Å²) in [5, 5.41) is 2.82. The third kappa shape index (κ3) is 5.42. The van der Waals surface area contributed by atoms with Crippen molar-refractivity contribution in [1.82, 2.24) is 5.32 Å². The second-order valence-corrected chi connectivity index (χ2v) is 4.23. The highest BCUT2D eigenvalue weighted by Gasteiger charge is 2.00. The molecule has 0 fully saturated rings. The van der Waals surface area contributed by atoms with Crippen LogP contribution in [0.2, 0.25) is 0 Å². The van der Waals surface area contributed by atoms with E-state index in [2.05, 4.69) is 5.32 Å². The molecule has 0 saturated carbocycles. The molecule has 1 amide bonds. The predicted molar refractivity (Wildman–Crippen MR) is 79.2 cm³/mol. The third-order valence-corrected chi connectivity index (χ3v) is 2.65. The van der Waals surface area contributed by atoms with Crippen LogP contribution in [0, 0.1) is 6.92 Å². The molecule has 0 saturated heterocycles. The van der Waals surface area contributed by atoms with Gasteiger partial charge in [-0.3, -0.25) is 4.79 Å². The molecule has 0 heterocycles. The Morgan fingerprint density at radius 3 is 2.89 bits per heavy atom. The van der Waals surface area contributed by atoms with Crippen LogP contribution in [-0.4, -0.2) is 19.6 Å². The molecule has 0 aliphatic carbocycles. The van der Waals surface area contributed by atoms with Gasteiger partial charge in [-0.05, 0) is 38.5 Å². The molecule has 1 aromatic rings. The summed E-state index contributed by atoms with van der Waals surface area (Å²) in [5.74, 6) is 0.677. The zero-order valence-electron chi connectivity index (χ0n) is 11.8. The molecule has 0 aliphatic rings. The second-order valence-electron chi connectivity index (χ2n) is 4.23. The highest BCUT2D eigenvalue weighted by molar-refractivity contribution is 5.92. The van der Waals surface area contributed by atoms with E-state index in [1.807, 2.05) is 44.2 Å². The minimum atomic E-state index is -0.0898. The first-order valence-corrected chi connectivity index (χ1v) is 6.39. The Labute approximate surface area is 115 Å². The van der Waals surface area contributed by atoms with Crippen LogP contribution in [-0.2, 0) is 4.79 Å². The SMILES string of the molecule is C/C=C/CCNC(=O)/C=C/c1cc(C)ccc1OC. The molecular weight excluding hydrogens is 238 g/mol. The lowest BCUT2D eigenvalue weighted by molar-refractivity contribution is -0.116. The van der Waals surface area contributed by atoms with E-state index in [1.54, 1.807) is 13.2 Å². The number of aryl methyl sites for hydroxylation is 1. The van der Waals surface area contributed by atoms with Crippen molar-refractivity contribution in [2.24, 2.45) is 0 Å². The van der Waals surface area contributed by atoms with Crippen LogP contribution in [0.1, 0.15) is 24.5 Å². The van der Waals surface area contributed by atoms with Crippen molar-refractivity contribution >= 4 is 12.0 Å². The summed E-state index contributed by atoms with van der Waals surface area (Å²) in [4.78, 5) is 11.6. The van der Waals surface area contributed by atoms with Crippen LogP contribution in [0.15, 0.2) is 36.4 Å². The average Bonchev–Trinajstić information content (AvgIpc) is 2.41. The summed E-state index contributed by atoms with van der Waals surface area (Å²) in [6, 6.07) is 5.87. The monoisotopic (exact) mass is 259 g/mol. The molecule has 1 N–H and O–H groups in total. The van der Waals surface area contributed by atoms with Crippen molar-refractivity contribution < 1.29 is 9.53 Å². The molecule has 3 heteroatoms. The van der Waals surface area contributed by atoms with Gasteiger partial charge >= 0.3 is 0 Å². The van der Waals surface area contributed by atoms with Crippen LogP contribution in [0.3, 0.4) is 0 Å². The number of hydrogen-bond donors (Lipinski definition) is 1. The molecule has 19 heavy (non-hydrogen) atoms. The number of amides is 1. The summed E-state index contributed by atoms with van der Waals surface area (Å²) in [7, 11) is 1.62. The number of methoxy groups -OCH3 is 1. The topological polar surface area (TPSA) is 38.3 Å². The highest BCUT2D eigenvalue weighted by atomic mass is 16.5. The number of rotatable bonds is 6. The Balaban J connectivity index is 2.60. The predicted octanol–water partition coefficient (Wildman–Crippen LogP) is 3.10. The minimum Gasteiger partial charge on any atom is -0.496 e. The van der Waals surface area contributed by atoms with Gasteiger partial charge in [0.15, 0.2) is 0 Å². The molecule has 0 radical (unpaired) electrons. The standard InChI is InChI=1S/C16H21NO2/c1-4-5-6-11-17-16(18)10-8-14-12-13(2)7-9-15(14)19-3/h4-5,7-10,12H,6,11H2,1-3H3,(H,17,18)/b5-4+,10-8+. The van der Waals surface area contributed by atoms with Gasteiger partial charge in [0.2, 0.25) is 5.91 Å². The van der Waals surface area contributed by atoms with Crippen LogP contribution in [0.5, 0.6) is 5.75 Å². The molecule has 0 aliphatic heterocycles. The van der Waals surface area contributed by atoms with Crippen molar-refractivity contribution in [3.63, 3.8) is 0 Å². The zero-order valence-corrected chi connectivity index (χ0v) is 11.8. The van der Waals surface area contributed by atoms with Gasteiger partial charge in [-0.2, -0.15) is 0 Å². The highest BCUT2D eigenvalue weighted by Crippen LogP contribution is 2.20. The number of ether oxygens (including phenoxy) is 1. The molecule has 0 unspecified atom stereocenters. The first-order chi connectivity index (χ1) is 9.17. The normalized spacial score (nSPS) is 11.1. The quantitative estimate of drug-likeness (QED) is 0.484. The maximum Gasteiger partial charge on any atom is 0.244 e. The average molecular weight is 259 g/mol. The van der Waals surface area contributed by atoms with Crippen LogP contribution in [0.4, 0.5) is 0 Å². The van der Waals surface area contributed by atoms with E-state index < -0.39 is 0 Å². The van der Waals surface area contributed by atoms with E-state index in [4.69, 9.17) is 4.74 Å². The van der Waals surface area contributed by atoms with Gasteiger partial charge in [0, 0.05) is 18.2 Å². The fraction of sp³-hybridized carbons (Fsp3) is 0.312.